The molecule has 100 valence electrons. The van der Waals surface area contributed by atoms with Crippen molar-refractivity contribution in [3.8, 4) is 0 Å². The molecule has 5 nitrogen and oxygen atoms in total. The van der Waals surface area contributed by atoms with Gasteiger partial charge in [-0.25, -0.2) is 4.98 Å². The van der Waals surface area contributed by atoms with Crippen LogP contribution in [-0.4, -0.2) is 38.8 Å². The standard InChI is InChI=1S/C12H13ClN4OS/c1-17(6-11-14-8-15-16-11)12(18)7-19-10-5-3-2-4-9(10)13/h2-5,8H,6-7H2,1H3,(H,14,15,16). The Labute approximate surface area is 120 Å². The summed E-state index contributed by atoms with van der Waals surface area (Å²) >= 11 is 7.46. The molecule has 0 bridgehead atoms. The van der Waals surface area contributed by atoms with E-state index in [1.165, 1.54) is 18.1 Å². The Kier molecular flexibility index (Phi) is 4.81. The summed E-state index contributed by atoms with van der Waals surface area (Å²) in [6.07, 6.45) is 1.42. The Morgan fingerprint density at radius 2 is 2.26 bits per heavy atom. The number of nitrogens with one attached hydrogen (secondary N) is 1. The highest BCUT2D eigenvalue weighted by molar-refractivity contribution is 8.00. The zero-order chi connectivity index (χ0) is 13.7. The number of halogens is 1. The van der Waals surface area contributed by atoms with Crippen LogP contribution >= 0.6 is 23.4 Å². The number of carbonyl (C=O) groups is 1. The first kappa shape index (κ1) is 13.9. The van der Waals surface area contributed by atoms with E-state index in [1.54, 1.807) is 11.9 Å². The predicted octanol–water partition coefficient (Wildman–Crippen LogP) is 2.21. The van der Waals surface area contributed by atoms with Crippen molar-refractivity contribution < 1.29 is 4.79 Å². The van der Waals surface area contributed by atoms with Crippen molar-refractivity contribution in [2.45, 2.75) is 11.4 Å². The van der Waals surface area contributed by atoms with Crippen LogP contribution in [0.25, 0.3) is 0 Å². The molecule has 0 saturated carbocycles. The molecule has 1 aromatic heterocycles. The van der Waals surface area contributed by atoms with Crippen molar-refractivity contribution in [2.75, 3.05) is 12.8 Å². The topological polar surface area (TPSA) is 61.9 Å². The number of aromatic amines is 1. The number of hydrogen-bond donors (Lipinski definition) is 1. The van der Waals surface area contributed by atoms with Gasteiger partial charge >= 0.3 is 0 Å². The lowest BCUT2D eigenvalue weighted by atomic mass is 10.4. The first-order valence-corrected chi connectivity index (χ1v) is 6.98. The van der Waals surface area contributed by atoms with Crippen LogP contribution in [0.15, 0.2) is 35.5 Å². The summed E-state index contributed by atoms with van der Waals surface area (Å²) in [6, 6.07) is 7.48. The molecule has 2 rings (SSSR count). The van der Waals surface area contributed by atoms with Crippen LogP contribution in [0, 0.1) is 0 Å². The van der Waals surface area contributed by atoms with Crippen LogP contribution in [0.1, 0.15) is 5.82 Å². The summed E-state index contributed by atoms with van der Waals surface area (Å²) in [5.41, 5.74) is 0. The Bertz CT molecular complexity index is 546. The zero-order valence-corrected chi connectivity index (χ0v) is 11.9. The van der Waals surface area contributed by atoms with Crippen LogP contribution in [0.4, 0.5) is 0 Å². The van der Waals surface area contributed by atoms with Gasteiger partial charge in [-0.05, 0) is 12.1 Å². The molecule has 2 aromatic rings. The zero-order valence-electron chi connectivity index (χ0n) is 10.3. The number of carbonyl (C=O) groups excluding carboxylic acids is 1. The van der Waals surface area contributed by atoms with E-state index in [1.807, 2.05) is 24.3 Å². The number of aromatic nitrogens is 3. The number of amides is 1. The third-order valence-electron chi connectivity index (χ3n) is 2.47. The van der Waals surface area contributed by atoms with Gasteiger partial charge in [-0.2, -0.15) is 5.10 Å². The fourth-order valence-electron chi connectivity index (χ4n) is 1.43. The molecule has 0 saturated heterocycles. The highest BCUT2D eigenvalue weighted by Gasteiger charge is 2.12. The van der Waals surface area contributed by atoms with Gasteiger partial charge in [-0.15, -0.1) is 11.8 Å². The van der Waals surface area contributed by atoms with Crippen molar-refractivity contribution in [1.82, 2.24) is 20.1 Å². The van der Waals surface area contributed by atoms with Gasteiger partial charge in [-0.1, -0.05) is 23.7 Å². The van der Waals surface area contributed by atoms with E-state index < -0.39 is 0 Å². The van der Waals surface area contributed by atoms with Crippen molar-refractivity contribution in [1.29, 1.82) is 0 Å². The average Bonchev–Trinajstić information content (AvgIpc) is 2.90. The highest BCUT2D eigenvalue weighted by Crippen LogP contribution is 2.26. The fraction of sp³-hybridized carbons (Fsp3) is 0.250. The molecule has 1 heterocycles. The summed E-state index contributed by atoms with van der Waals surface area (Å²) in [5.74, 6) is 1.02. The van der Waals surface area contributed by atoms with E-state index in [-0.39, 0.29) is 5.91 Å². The second-order valence-electron chi connectivity index (χ2n) is 3.90. The van der Waals surface area contributed by atoms with Gasteiger partial charge in [0, 0.05) is 11.9 Å². The van der Waals surface area contributed by atoms with E-state index in [0.29, 0.717) is 23.1 Å². The minimum atomic E-state index is 0.0151. The van der Waals surface area contributed by atoms with E-state index in [2.05, 4.69) is 15.2 Å². The molecule has 19 heavy (non-hydrogen) atoms. The molecule has 0 aliphatic rings. The lowest BCUT2D eigenvalue weighted by molar-refractivity contribution is -0.127. The molecular weight excluding hydrogens is 284 g/mol. The highest BCUT2D eigenvalue weighted by atomic mass is 35.5. The maximum absolute atomic E-state index is 12.0. The molecular formula is C12H13ClN4OS. The summed E-state index contributed by atoms with van der Waals surface area (Å²) < 4.78 is 0. The van der Waals surface area contributed by atoms with E-state index in [9.17, 15) is 4.79 Å². The van der Waals surface area contributed by atoms with Crippen molar-refractivity contribution in [2.24, 2.45) is 0 Å². The third kappa shape index (κ3) is 3.97. The third-order valence-corrected chi connectivity index (χ3v) is 3.97. The smallest absolute Gasteiger partial charge is 0.233 e. The summed E-state index contributed by atoms with van der Waals surface area (Å²) in [4.78, 5) is 18.4. The van der Waals surface area contributed by atoms with Crippen molar-refractivity contribution in [3.63, 3.8) is 0 Å². The SMILES string of the molecule is CN(Cc1ncn[nH]1)C(=O)CSc1ccccc1Cl. The minimum Gasteiger partial charge on any atom is -0.338 e. The van der Waals surface area contributed by atoms with Crippen LogP contribution in [0.3, 0.4) is 0 Å². The predicted molar refractivity (Wildman–Crippen MR) is 75.0 cm³/mol. The number of benzene rings is 1. The van der Waals surface area contributed by atoms with E-state index in [0.717, 1.165) is 4.90 Å². The molecule has 7 heteroatoms. The lowest BCUT2D eigenvalue weighted by Crippen LogP contribution is -2.28. The van der Waals surface area contributed by atoms with Gasteiger partial charge in [-0.3, -0.25) is 9.89 Å². The number of hydrogen-bond acceptors (Lipinski definition) is 4. The molecule has 1 N–H and O–H groups in total. The Morgan fingerprint density at radius 3 is 2.95 bits per heavy atom. The summed E-state index contributed by atoms with van der Waals surface area (Å²) in [5, 5.41) is 7.13. The molecule has 0 fully saturated rings. The monoisotopic (exact) mass is 296 g/mol. The van der Waals surface area contributed by atoms with Crippen LogP contribution in [0.5, 0.6) is 0 Å². The van der Waals surface area contributed by atoms with Crippen LogP contribution in [0.2, 0.25) is 5.02 Å². The Hall–Kier alpha value is -1.53. The summed E-state index contributed by atoms with van der Waals surface area (Å²) in [6.45, 7) is 0.419. The summed E-state index contributed by atoms with van der Waals surface area (Å²) in [7, 11) is 1.73. The first-order valence-electron chi connectivity index (χ1n) is 5.62. The van der Waals surface area contributed by atoms with Crippen molar-refractivity contribution in [3.05, 3.63) is 41.4 Å². The van der Waals surface area contributed by atoms with Gasteiger partial charge in [0.2, 0.25) is 5.91 Å². The van der Waals surface area contributed by atoms with Crippen molar-refractivity contribution >= 4 is 29.3 Å². The number of nitrogens with zero attached hydrogens (tertiary/aromatic N) is 3. The van der Waals surface area contributed by atoms with Gasteiger partial charge < -0.3 is 4.90 Å². The second-order valence-corrected chi connectivity index (χ2v) is 5.33. The lowest BCUT2D eigenvalue weighted by Gasteiger charge is -2.15. The fourth-order valence-corrected chi connectivity index (χ4v) is 2.61. The molecule has 0 aliphatic carbocycles. The Balaban J connectivity index is 1.86. The van der Waals surface area contributed by atoms with Gasteiger partial charge in [0.1, 0.15) is 12.2 Å². The maximum atomic E-state index is 12.0. The van der Waals surface area contributed by atoms with Gasteiger partial charge in [0.15, 0.2) is 0 Å². The van der Waals surface area contributed by atoms with Gasteiger partial charge in [0.05, 0.1) is 17.3 Å². The minimum absolute atomic E-state index is 0.0151. The van der Waals surface area contributed by atoms with E-state index in [4.69, 9.17) is 11.6 Å². The molecule has 0 atom stereocenters. The number of thioether (sulfide) groups is 1. The number of rotatable bonds is 5. The van der Waals surface area contributed by atoms with E-state index >= 15 is 0 Å². The molecule has 1 aromatic carbocycles. The quantitative estimate of drug-likeness (QED) is 0.859. The first-order chi connectivity index (χ1) is 9.16. The average molecular weight is 297 g/mol. The number of H-pyrrole nitrogens is 1. The molecule has 1 amide bonds. The second kappa shape index (κ2) is 6.58. The normalized spacial score (nSPS) is 10.4. The van der Waals surface area contributed by atoms with Gasteiger partial charge in [0.25, 0.3) is 0 Å². The molecule has 0 radical (unpaired) electrons. The molecule has 0 spiro atoms. The molecule has 0 unspecified atom stereocenters. The largest absolute Gasteiger partial charge is 0.338 e. The molecule has 0 aliphatic heterocycles. The Morgan fingerprint density at radius 1 is 1.47 bits per heavy atom. The van der Waals surface area contributed by atoms with Crippen LogP contribution in [-0.2, 0) is 11.3 Å². The van der Waals surface area contributed by atoms with Crippen LogP contribution < -0.4 is 0 Å². The maximum Gasteiger partial charge on any atom is 0.233 e.